The van der Waals surface area contributed by atoms with Crippen LogP contribution >= 0.6 is 0 Å². The molecule has 2 nitrogen and oxygen atoms in total. The molecular formula is C27H56O2SiSn. The molecule has 4 heteroatoms. The molecular weight excluding hydrogens is 503 g/mol. The summed E-state index contributed by atoms with van der Waals surface area (Å²) in [5.74, 6) is 1.65. The van der Waals surface area contributed by atoms with Crippen molar-refractivity contribution in [2.45, 2.75) is 140 Å². The van der Waals surface area contributed by atoms with Crippen LogP contribution in [-0.2, 0) is 9.47 Å². The number of hydrogen-bond donors (Lipinski definition) is 0. The summed E-state index contributed by atoms with van der Waals surface area (Å²) >= 11 is -2.39. The Morgan fingerprint density at radius 1 is 0.871 bits per heavy atom. The summed E-state index contributed by atoms with van der Waals surface area (Å²) in [6, 6.07) is 0. The van der Waals surface area contributed by atoms with E-state index in [9.17, 15) is 0 Å². The van der Waals surface area contributed by atoms with Gasteiger partial charge in [0.25, 0.3) is 0 Å². The Labute approximate surface area is 200 Å². The van der Waals surface area contributed by atoms with Crippen molar-refractivity contribution in [3.63, 3.8) is 0 Å². The minimum atomic E-state index is -2.39. The van der Waals surface area contributed by atoms with Gasteiger partial charge in [-0.15, -0.1) is 0 Å². The predicted molar refractivity (Wildman–Crippen MR) is 142 cm³/mol. The molecule has 2 saturated carbocycles. The number of hydrogen-bond acceptors (Lipinski definition) is 2. The first-order valence-electron chi connectivity index (χ1n) is 13.9. The second-order valence-electron chi connectivity index (χ2n) is 12.1. The van der Waals surface area contributed by atoms with E-state index in [2.05, 4.69) is 40.4 Å². The van der Waals surface area contributed by atoms with E-state index >= 15 is 0 Å². The summed E-state index contributed by atoms with van der Waals surface area (Å²) in [6.45, 7) is 16.0. The minimum absolute atomic E-state index is 0.480. The van der Waals surface area contributed by atoms with E-state index in [1.807, 2.05) is 7.11 Å². The summed E-state index contributed by atoms with van der Waals surface area (Å²) in [5.41, 5.74) is 0. The van der Waals surface area contributed by atoms with E-state index in [1.165, 1.54) is 77.0 Å². The van der Waals surface area contributed by atoms with Crippen molar-refractivity contribution in [3.05, 3.63) is 0 Å². The van der Waals surface area contributed by atoms with Gasteiger partial charge in [-0.1, -0.05) is 0 Å². The number of unbranched alkanes of at least 4 members (excludes halogenated alkanes) is 3. The molecule has 0 aliphatic heterocycles. The van der Waals surface area contributed by atoms with Crippen LogP contribution in [0.3, 0.4) is 0 Å². The molecule has 0 aromatic rings. The maximum atomic E-state index is 6.65. The summed E-state index contributed by atoms with van der Waals surface area (Å²) in [4.78, 5) is 0. The van der Waals surface area contributed by atoms with Crippen LogP contribution in [0.15, 0.2) is 0 Å². The van der Waals surface area contributed by atoms with Crippen molar-refractivity contribution >= 4 is 26.5 Å². The Morgan fingerprint density at radius 3 is 1.81 bits per heavy atom. The van der Waals surface area contributed by atoms with Crippen molar-refractivity contribution in [1.29, 1.82) is 0 Å². The van der Waals surface area contributed by atoms with E-state index < -0.39 is 26.5 Å². The van der Waals surface area contributed by atoms with Crippen molar-refractivity contribution in [3.8, 4) is 0 Å². The number of methoxy groups -OCH3 is 1. The van der Waals surface area contributed by atoms with Crippen molar-refractivity contribution < 1.29 is 9.47 Å². The summed E-state index contributed by atoms with van der Waals surface area (Å²) in [5, 5.41) is 0. The van der Waals surface area contributed by atoms with Crippen LogP contribution in [-0.4, -0.2) is 46.5 Å². The number of ether oxygens (including phenoxy) is 2. The second kappa shape index (κ2) is 13.1. The zero-order valence-electron chi connectivity index (χ0n) is 22.4. The molecule has 3 atom stereocenters. The Bertz CT molecular complexity index is 478. The Hall–Kier alpha value is 0.936. The summed E-state index contributed by atoms with van der Waals surface area (Å²) < 4.78 is 17.9. The molecule has 0 heterocycles. The summed E-state index contributed by atoms with van der Waals surface area (Å²) in [6.07, 6.45) is 17.7. The van der Waals surface area contributed by atoms with Crippen molar-refractivity contribution in [1.82, 2.24) is 0 Å². The van der Waals surface area contributed by atoms with Crippen LogP contribution in [0.25, 0.3) is 0 Å². The molecule has 0 radical (unpaired) electrons. The van der Waals surface area contributed by atoms with Crippen molar-refractivity contribution in [2.75, 3.05) is 13.9 Å². The maximum absolute atomic E-state index is 6.65. The van der Waals surface area contributed by atoms with E-state index in [-0.39, 0.29) is 0 Å². The van der Waals surface area contributed by atoms with Crippen LogP contribution in [0.1, 0.15) is 97.8 Å². The van der Waals surface area contributed by atoms with Gasteiger partial charge in [0.05, 0.1) is 0 Å². The molecule has 0 aromatic heterocycles. The first-order valence-corrected chi connectivity index (χ1v) is 24.9. The van der Waals surface area contributed by atoms with Gasteiger partial charge in [-0.05, 0) is 0 Å². The molecule has 0 amide bonds. The fraction of sp³-hybridized carbons (Fsp3) is 1.00. The first-order chi connectivity index (χ1) is 14.8. The van der Waals surface area contributed by atoms with Crippen LogP contribution < -0.4 is 0 Å². The molecule has 31 heavy (non-hydrogen) atoms. The average molecular weight is 560 g/mol. The van der Waals surface area contributed by atoms with Crippen LogP contribution in [0.4, 0.5) is 0 Å². The molecule has 2 fully saturated rings. The van der Waals surface area contributed by atoms with E-state index in [0.717, 1.165) is 14.9 Å². The molecule has 0 N–H and O–H groups in total. The third kappa shape index (κ3) is 6.54. The van der Waals surface area contributed by atoms with Gasteiger partial charge >= 0.3 is 202 Å². The quantitative estimate of drug-likeness (QED) is 0.139. The predicted octanol–water partition coefficient (Wildman–Crippen LogP) is 9.04. The molecule has 0 saturated heterocycles. The van der Waals surface area contributed by atoms with E-state index in [4.69, 9.17) is 9.47 Å². The molecule has 184 valence electrons. The molecule has 0 unspecified atom stereocenters. The summed E-state index contributed by atoms with van der Waals surface area (Å²) in [7, 11) is 0.494. The third-order valence-corrected chi connectivity index (χ3v) is 40.7. The van der Waals surface area contributed by atoms with Gasteiger partial charge in [-0.3, -0.25) is 0 Å². The fourth-order valence-corrected chi connectivity index (χ4v) is 46.9. The van der Waals surface area contributed by atoms with Gasteiger partial charge in [0.1, 0.15) is 0 Å². The normalized spacial score (nSPS) is 26.2. The average Bonchev–Trinajstić information content (AvgIpc) is 3.52. The Kier molecular flexibility index (Phi) is 11.9. The molecule has 0 bridgehead atoms. The Morgan fingerprint density at radius 2 is 1.39 bits per heavy atom. The van der Waals surface area contributed by atoms with Crippen molar-refractivity contribution in [2.24, 2.45) is 11.8 Å². The molecule has 2 aliphatic rings. The number of rotatable bonds is 16. The molecule has 2 aliphatic carbocycles. The second-order valence-corrected chi connectivity index (χ2v) is 33.0. The van der Waals surface area contributed by atoms with Gasteiger partial charge in [0.2, 0.25) is 0 Å². The monoisotopic (exact) mass is 560 g/mol. The van der Waals surface area contributed by atoms with Gasteiger partial charge in [-0.2, -0.15) is 0 Å². The van der Waals surface area contributed by atoms with E-state index in [1.54, 1.807) is 13.3 Å². The third-order valence-electron chi connectivity index (χ3n) is 9.22. The molecule has 2 rings (SSSR count). The van der Waals surface area contributed by atoms with Crippen LogP contribution in [0, 0.1) is 11.8 Å². The van der Waals surface area contributed by atoms with Crippen LogP contribution in [0.5, 0.6) is 0 Å². The molecule has 0 aromatic carbocycles. The standard InChI is InChI=1S/C15H29O2Si.3C4H9.Sn/c1-16-11-17-15(12-8-6-5-7-9-12)13-10-14(13)18(2,3)4;3*1-3-4-2;/h12-13,15H,5-11H2,1-4H3;3*1,3-4H2,2H3;/t13-,15-;;;;/m1..../s1. The van der Waals surface area contributed by atoms with Gasteiger partial charge in [0.15, 0.2) is 0 Å². The zero-order valence-corrected chi connectivity index (χ0v) is 26.2. The van der Waals surface area contributed by atoms with Gasteiger partial charge in [0, 0.05) is 0 Å². The fourth-order valence-electron chi connectivity index (χ4n) is 7.73. The van der Waals surface area contributed by atoms with Gasteiger partial charge in [-0.25, -0.2) is 0 Å². The first kappa shape index (κ1) is 28.2. The molecule has 0 spiro atoms. The van der Waals surface area contributed by atoms with Crippen LogP contribution in [0.2, 0.25) is 36.0 Å². The zero-order chi connectivity index (χ0) is 23.0. The van der Waals surface area contributed by atoms with Gasteiger partial charge < -0.3 is 0 Å². The topological polar surface area (TPSA) is 18.5 Å². The SMILES string of the molecule is CCC[CH2][Sn]([CH2]CCC)([CH2]CCC)[C@@]1([Si](C)(C)C)C[C@H]1[C@H](OCOC)C1CCCCC1. The van der Waals surface area contributed by atoms with E-state index in [0.29, 0.717) is 12.9 Å². The Balaban J connectivity index is 2.44.